The Labute approximate surface area is 73.3 Å². The van der Waals surface area contributed by atoms with Gasteiger partial charge in [0.1, 0.15) is 6.21 Å². The summed E-state index contributed by atoms with van der Waals surface area (Å²) in [5.41, 5.74) is -0.671. The predicted octanol–water partition coefficient (Wildman–Crippen LogP) is -0.371. The Hall–Kier alpha value is -1.99. The van der Waals surface area contributed by atoms with Crippen LogP contribution in [0.2, 0.25) is 0 Å². The molecule has 0 aromatic heterocycles. The highest BCUT2D eigenvalue weighted by molar-refractivity contribution is 5.75. The lowest BCUT2D eigenvalue weighted by atomic mass is 10.4. The van der Waals surface area contributed by atoms with Crippen molar-refractivity contribution >= 4 is 6.21 Å². The minimum absolute atomic E-state index is 0.671. The molecule has 0 atom stereocenters. The average molecular weight is 188 g/mol. The van der Waals surface area contributed by atoms with E-state index in [9.17, 15) is 20.2 Å². The quantitative estimate of drug-likeness (QED) is 0.367. The van der Waals surface area contributed by atoms with Crippen molar-refractivity contribution in [1.82, 2.24) is 5.32 Å². The van der Waals surface area contributed by atoms with Gasteiger partial charge < -0.3 is 10.1 Å². The van der Waals surface area contributed by atoms with Gasteiger partial charge in [0, 0.05) is 7.05 Å². The molecule has 0 radical (unpaired) electrons. The van der Waals surface area contributed by atoms with E-state index in [4.69, 9.17) is 0 Å². The van der Waals surface area contributed by atoms with Gasteiger partial charge in [0.25, 0.3) is 0 Å². The molecule has 0 aliphatic heterocycles. The minimum Gasteiger partial charge on any atom is -0.358 e. The van der Waals surface area contributed by atoms with Gasteiger partial charge in [-0.15, -0.1) is 0 Å². The summed E-state index contributed by atoms with van der Waals surface area (Å²) < 4.78 is 0. The highest BCUT2D eigenvalue weighted by atomic mass is 16.6. The standard InChI is InChI=1S/C5H8N4O4/c1-6-3-4(8(10)11)5(7-2)9(12)13/h3,7H,1-2H3. The summed E-state index contributed by atoms with van der Waals surface area (Å²) in [4.78, 5) is 22.2. The molecule has 0 bridgehead atoms. The highest BCUT2D eigenvalue weighted by Crippen LogP contribution is 2.00. The number of hydrogen-bond donors (Lipinski definition) is 1. The van der Waals surface area contributed by atoms with Crippen molar-refractivity contribution in [2.45, 2.75) is 0 Å². The molecule has 0 rings (SSSR count). The van der Waals surface area contributed by atoms with Crippen LogP contribution in [0.5, 0.6) is 0 Å². The van der Waals surface area contributed by atoms with Crippen molar-refractivity contribution in [2.75, 3.05) is 14.1 Å². The molecule has 13 heavy (non-hydrogen) atoms. The number of allylic oxidation sites excluding steroid dienone is 1. The lowest BCUT2D eigenvalue weighted by molar-refractivity contribution is -0.469. The van der Waals surface area contributed by atoms with Crippen molar-refractivity contribution < 1.29 is 9.85 Å². The van der Waals surface area contributed by atoms with Crippen molar-refractivity contribution in [1.29, 1.82) is 0 Å². The molecule has 0 aliphatic carbocycles. The number of nitrogens with one attached hydrogen (secondary N) is 1. The number of aliphatic imine (C=N–C) groups is 1. The van der Waals surface area contributed by atoms with E-state index in [-0.39, 0.29) is 0 Å². The fourth-order valence-electron chi connectivity index (χ4n) is 0.630. The van der Waals surface area contributed by atoms with Crippen LogP contribution in [-0.2, 0) is 0 Å². The molecule has 0 aliphatic rings. The van der Waals surface area contributed by atoms with Gasteiger partial charge in [-0.05, 0) is 4.92 Å². The molecule has 0 saturated carbocycles. The molecule has 1 N–H and O–H groups in total. The first-order valence-electron chi connectivity index (χ1n) is 3.17. The Kier molecular flexibility index (Phi) is 4.07. The largest absolute Gasteiger partial charge is 0.396 e. The Bertz CT molecular complexity index is 282. The summed E-state index contributed by atoms with van der Waals surface area (Å²) in [7, 11) is 2.52. The molecule has 8 heteroatoms. The number of nitrogens with zero attached hydrogens (tertiary/aromatic N) is 3. The maximum atomic E-state index is 10.3. The molecule has 0 spiro atoms. The molecular weight excluding hydrogens is 180 g/mol. The van der Waals surface area contributed by atoms with Crippen molar-refractivity contribution in [3.05, 3.63) is 31.7 Å². The van der Waals surface area contributed by atoms with Crippen LogP contribution in [-0.4, -0.2) is 30.2 Å². The second kappa shape index (κ2) is 4.80. The number of rotatable bonds is 4. The first-order valence-corrected chi connectivity index (χ1v) is 3.17. The van der Waals surface area contributed by atoms with E-state index in [0.717, 1.165) is 6.21 Å². The van der Waals surface area contributed by atoms with Crippen LogP contribution in [0.15, 0.2) is 16.5 Å². The zero-order valence-electron chi connectivity index (χ0n) is 7.05. The first-order chi connectivity index (χ1) is 6.04. The zero-order chi connectivity index (χ0) is 10.4. The molecular formula is C5H8N4O4. The van der Waals surface area contributed by atoms with Gasteiger partial charge in [0.2, 0.25) is 0 Å². The summed E-state index contributed by atoms with van der Waals surface area (Å²) in [5.74, 6) is -0.685. The van der Waals surface area contributed by atoms with Crippen LogP contribution in [0.25, 0.3) is 0 Å². The van der Waals surface area contributed by atoms with Gasteiger partial charge in [-0.2, -0.15) is 0 Å². The smallest absolute Gasteiger partial charge is 0.358 e. The van der Waals surface area contributed by atoms with Crippen molar-refractivity contribution in [2.24, 2.45) is 4.99 Å². The Morgan fingerprint density at radius 1 is 1.38 bits per heavy atom. The van der Waals surface area contributed by atoms with E-state index in [1.165, 1.54) is 14.1 Å². The van der Waals surface area contributed by atoms with Crippen molar-refractivity contribution in [3.8, 4) is 0 Å². The van der Waals surface area contributed by atoms with E-state index in [2.05, 4.69) is 10.3 Å². The fraction of sp³-hybridized carbons (Fsp3) is 0.400. The molecule has 8 nitrogen and oxygen atoms in total. The molecule has 0 aromatic carbocycles. The third kappa shape index (κ3) is 2.85. The van der Waals surface area contributed by atoms with Gasteiger partial charge in [-0.25, -0.2) is 0 Å². The molecule has 72 valence electrons. The summed E-state index contributed by atoms with van der Waals surface area (Å²) in [6.07, 6.45) is 0.814. The molecule has 0 unspecified atom stereocenters. The molecule has 0 heterocycles. The molecule has 0 saturated heterocycles. The molecule has 0 amide bonds. The van der Waals surface area contributed by atoms with Crippen LogP contribution >= 0.6 is 0 Å². The van der Waals surface area contributed by atoms with Crippen LogP contribution in [0.1, 0.15) is 0 Å². The number of nitro groups is 2. The monoisotopic (exact) mass is 188 g/mol. The third-order valence-electron chi connectivity index (χ3n) is 1.11. The van der Waals surface area contributed by atoms with Crippen LogP contribution in [0.4, 0.5) is 0 Å². The summed E-state index contributed by atoms with van der Waals surface area (Å²) >= 11 is 0. The van der Waals surface area contributed by atoms with Gasteiger partial charge in [0.05, 0.1) is 12.0 Å². The Morgan fingerprint density at radius 2 is 1.92 bits per heavy atom. The van der Waals surface area contributed by atoms with Crippen molar-refractivity contribution in [3.63, 3.8) is 0 Å². The Balaban J connectivity index is 5.25. The van der Waals surface area contributed by atoms with Crippen LogP contribution in [0, 0.1) is 20.2 Å². The summed E-state index contributed by atoms with van der Waals surface area (Å²) in [5, 5.41) is 22.7. The molecule has 0 aromatic rings. The van der Waals surface area contributed by atoms with E-state index in [0.29, 0.717) is 0 Å². The van der Waals surface area contributed by atoms with Gasteiger partial charge in [0.15, 0.2) is 0 Å². The summed E-state index contributed by atoms with van der Waals surface area (Å²) in [6, 6.07) is 0. The second-order valence-corrected chi connectivity index (χ2v) is 1.89. The zero-order valence-corrected chi connectivity index (χ0v) is 7.05. The second-order valence-electron chi connectivity index (χ2n) is 1.89. The van der Waals surface area contributed by atoms with Crippen LogP contribution in [0.3, 0.4) is 0 Å². The van der Waals surface area contributed by atoms with Gasteiger partial charge in [-0.3, -0.25) is 20.4 Å². The third-order valence-corrected chi connectivity index (χ3v) is 1.11. The maximum Gasteiger partial charge on any atom is 0.396 e. The normalized spacial score (nSPS) is 12.5. The Morgan fingerprint density at radius 3 is 2.15 bits per heavy atom. The topological polar surface area (TPSA) is 111 Å². The van der Waals surface area contributed by atoms with E-state index in [1.807, 2.05) is 0 Å². The number of hydrogen-bond acceptors (Lipinski definition) is 6. The van der Waals surface area contributed by atoms with E-state index < -0.39 is 21.4 Å². The SMILES string of the molecule is CN=CC(=C(NC)[N+](=O)[O-])[N+](=O)[O-]. The van der Waals surface area contributed by atoms with Gasteiger partial charge in [-0.1, -0.05) is 0 Å². The predicted molar refractivity (Wildman–Crippen MR) is 44.5 cm³/mol. The fourth-order valence-corrected chi connectivity index (χ4v) is 0.630. The lowest BCUT2D eigenvalue weighted by Gasteiger charge is -1.97. The molecule has 0 fully saturated rings. The average Bonchev–Trinajstić information content (AvgIpc) is 2.03. The highest BCUT2D eigenvalue weighted by Gasteiger charge is 2.23. The first kappa shape index (κ1) is 11.0. The van der Waals surface area contributed by atoms with Gasteiger partial charge >= 0.3 is 11.5 Å². The maximum absolute atomic E-state index is 10.3. The van der Waals surface area contributed by atoms with E-state index in [1.54, 1.807) is 0 Å². The summed E-state index contributed by atoms with van der Waals surface area (Å²) in [6.45, 7) is 0. The minimum atomic E-state index is -0.875. The lowest BCUT2D eigenvalue weighted by Crippen LogP contribution is -2.21. The van der Waals surface area contributed by atoms with E-state index >= 15 is 0 Å². The van der Waals surface area contributed by atoms with Crippen LogP contribution < -0.4 is 5.32 Å².